The summed E-state index contributed by atoms with van der Waals surface area (Å²) in [4.78, 5) is 16.8. The van der Waals surface area contributed by atoms with E-state index in [1.54, 1.807) is 12.1 Å². The van der Waals surface area contributed by atoms with Crippen LogP contribution in [-0.4, -0.2) is 31.1 Å². The van der Waals surface area contributed by atoms with Gasteiger partial charge in [0.15, 0.2) is 17.3 Å². The number of ketones is 1. The lowest BCUT2D eigenvalue weighted by atomic mass is 10.0. The maximum absolute atomic E-state index is 12.9. The van der Waals surface area contributed by atoms with Gasteiger partial charge in [0.2, 0.25) is 5.75 Å². The van der Waals surface area contributed by atoms with Gasteiger partial charge in [0.25, 0.3) is 0 Å². The van der Waals surface area contributed by atoms with Crippen molar-refractivity contribution >= 4 is 29.0 Å². The van der Waals surface area contributed by atoms with Gasteiger partial charge in [0.1, 0.15) is 0 Å². The minimum absolute atomic E-state index is 0.0259. The molecule has 2 aromatic rings. The molecule has 0 atom stereocenters. The molecule has 0 saturated carbocycles. The highest BCUT2D eigenvalue weighted by Crippen LogP contribution is 2.41. The summed E-state index contributed by atoms with van der Waals surface area (Å²) in [6, 6.07) is 3.33. The predicted molar refractivity (Wildman–Crippen MR) is 97.6 cm³/mol. The van der Waals surface area contributed by atoms with Gasteiger partial charge in [0, 0.05) is 24.4 Å². The first-order chi connectivity index (χ1) is 12.0. The predicted octanol–water partition coefficient (Wildman–Crippen LogP) is 4.62. The smallest absolute Gasteiger partial charge is 0.204 e. The first kappa shape index (κ1) is 19.3. The number of carbonyl (C=O) groups excluding carboxylic acids is 1. The fourth-order valence-electron chi connectivity index (χ4n) is 2.36. The topological polar surface area (TPSA) is 57.7 Å². The summed E-state index contributed by atoms with van der Waals surface area (Å²) in [5.41, 5.74) is 0.912. The van der Waals surface area contributed by atoms with Crippen LogP contribution in [0.4, 0.5) is 0 Å². The third-order valence-electron chi connectivity index (χ3n) is 3.46. The van der Waals surface area contributed by atoms with E-state index in [0.29, 0.717) is 51.6 Å². The van der Waals surface area contributed by atoms with E-state index in [4.69, 9.17) is 37.4 Å². The fourth-order valence-corrected chi connectivity index (χ4v) is 2.85. The number of rotatable bonds is 8. The van der Waals surface area contributed by atoms with E-state index in [-0.39, 0.29) is 12.2 Å². The summed E-state index contributed by atoms with van der Waals surface area (Å²) in [6.45, 7) is 4.47. The molecule has 25 heavy (non-hydrogen) atoms. The summed E-state index contributed by atoms with van der Waals surface area (Å²) in [7, 11) is 1.53. The van der Waals surface area contributed by atoms with E-state index >= 15 is 0 Å². The van der Waals surface area contributed by atoms with E-state index in [1.807, 2.05) is 13.8 Å². The number of halogens is 2. The summed E-state index contributed by atoms with van der Waals surface area (Å²) >= 11 is 12.2. The Morgan fingerprint density at radius 2 is 1.64 bits per heavy atom. The SMILES string of the molecule is CCOc1c(OC)ccc(C(=O)Cc2c(Cl)cncc2Cl)c1OCC. The minimum atomic E-state index is -0.193. The molecule has 7 heteroatoms. The Morgan fingerprint density at radius 3 is 2.20 bits per heavy atom. The Labute approximate surface area is 156 Å². The van der Waals surface area contributed by atoms with Crippen molar-refractivity contribution in [2.45, 2.75) is 20.3 Å². The maximum Gasteiger partial charge on any atom is 0.204 e. The standard InChI is InChI=1S/C18H19Cl2NO4/c1-4-24-17-11(6-7-16(23-3)18(17)25-5-2)15(22)8-12-13(19)9-21-10-14(12)20/h6-7,9-10H,4-5,8H2,1-3H3. The van der Waals surface area contributed by atoms with E-state index in [2.05, 4.69) is 4.98 Å². The minimum Gasteiger partial charge on any atom is -0.493 e. The number of methoxy groups -OCH3 is 1. The summed E-state index contributed by atoms with van der Waals surface area (Å²) in [5.74, 6) is 1.07. The first-order valence-corrected chi connectivity index (χ1v) is 8.56. The normalized spacial score (nSPS) is 10.4. The van der Waals surface area contributed by atoms with Crippen LogP contribution in [0.1, 0.15) is 29.8 Å². The van der Waals surface area contributed by atoms with Gasteiger partial charge in [-0.3, -0.25) is 9.78 Å². The third-order valence-corrected chi connectivity index (χ3v) is 4.11. The van der Waals surface area contributed by atoms with Crippen molar-refractivity contribution in [2.75, 3.05) is 20.3 Å². The molecule has 0 bridgehead atoms. The molecule has 0 aliphatic carbocycles. The molecule has 1 heterocycles. The number of benzene rings is 1. The highest BCUT2D eigenvalue weighted by molar-refractivity contribution is 6.36. The molecular formula is C18H19Cl2NO4. The van der Waals surface area contributed by atoms with Crippen LogP contribution in [0.2, 0.25) is 10.0 Å². The van der Waals surface area contributed by atoms with Crippen LogP contribution in [-0.2, 0) is 6.42 Å². The molecule has 0 amide bonds. The number of pyridine rings is 1. The number of hydrogen-bond donors (Lipinski definition) is 0. The van der Waals surface area contributed by atoms with Crippen LogP contribution in [0.15, 0.2) is 24.5 Å². The van der Waals surface area contributed by atoms with Crippen molar-refractivity contribution in [1.29, 1.82) is 0 Å². The molecule has 1 aromatic heterocycles. The van der Waals surface area contributed by atoms with Gasteiger partial charge in [0.05, 0.1) is 35.9 Å². The Balaban J connectivity index is 2.46. The molecule has 0 spiro atoms. The van der Waals surface area contributed by atoms with E-state index in [9.17, 15) is 4.79 Å². The number of carbonyl (C=O) groups is 1. The summed E-state index contributed by atoms with van der Waals surface area (Å²) in [5, 5.41) is 0.690. The quantitative estimate of drug-likeness (QED) is 0.622. The number of nitrogens with zero attached hydrogens (tertiary/aromatic N) is 1. The molecule has 0 unspecified atom stereocenters. The van der Waals surface area contributed by atoms with Crippen molar-refractivity contribution in [1.82, 2.24) is 4.98 Å². The van der Waals surface area contributed by atoms with Crippen molar-refractivity contribution in [3.05, 3.63) is 45.7 Å². The van der Waals surface area contributed by atoms with Crippen LogP contribution in [0.5, 0.6) is 17.2 Å². The molecule has 2 rings (SSSR count). The molecule has 5 nitrogen and oxygen atoms in total. The zero-order chi connectivity index (χ0) is 18.4. The Kier molecular flexibility index (Phi) is 6.91. The van der Waals surface area contributed by atoms with Crippen molar-refractivity contribution in [3.8, 4) is 17.2 Å². The molecule has 0 aliphatic rings. The maximum atomic E-state index is 12.9. The van der Waals surface area contributed by atoms with Crippen LogP contribution < -0.4 is 14.2 Å². The average Bonchev–Trinajstić information content (AvgIpc) is 2.59. The first-order valence-electron chi connectivity index (χ1n) is 7.81. The molecule has 134 valence electrons. The van der Waals surface area contributed by atoms with Crippen molar-refractivity contribution in [2.24, 2.45) is 0 Å². The monoisotopic (exact) mass is 383 g/mol. The Hall–Kier alpha value is -1.98. The van der Waals surface area contributed by atoms with Gasteiger partial charge in [-0.05, 0) is 26.0 Å². The van der Waals surface area contributed by atoms with Crippen LogP contribution in [0, 0.1) is 0 Å². The lowest BCUT2D eigenvalue weighted by Crippen LogP contribution is -2.10. The lowest BCUT2D eigenvalue weighted by molar-refractivity contribution is 0.0988. The average molecular weight is 384 g/mol. The van der Waals surface area contributed by atoms with Crippen LogP contribution >= 0.6 is 23.2 Å². The largest absolute Gasteiger partial charge is 0.493 e. The van der Waals surface area contributed by atoms with Gasteiger partial charge in [-0.2, -0.15) is 0 Å². The molecule has 0 saturated heterocycles. The summed E-state index contributed by atoms with van der Waals surface area (Å²) < 4.78 is 16.6. The van der Waals surface area contributed by atoms with Crippen molar-refractivity contribution < 1.29 is 19.0 Å². The second-order valence-electron chi connectivity index (χ2n) is 5.02. The van der Waals surface area contributed by atoms with Crippen LogP contribution in [0.3, 0.4) is 0 Å². The summed E-state index contributed by atoms with van der Waals surface area (Å²) in [6.07, 6.45) is 2.94. The van der Waals surface area contributed by atoms with Gasteiger partial charge in [-0.25, -0.2) is 0 Å². The second-order valence-corrected chi connectivity index (χ2v) is 5.84. The lowest BCUT2D eigenvalue weighted by Gasteiger charge is -2.17. The number of Topliss-reactive ketones (excluding diaryl/α,β-unsaturated/α-hetero) is 1. The molecular weight excluding hydrogens is 365 g/mol. The van der Waals surface area contributed by atoms with E-state index in [1.165, 1.54) is 19.5 Å². The fraction of sp³-hybridized carbons (Fsp3) is 0.333. The number of aromatic nitrogens is 1. The van der Waals surface area contributed by atoms with Crippen LogP contribution in [0.25, 0.3) is 0 Å². The highest BCUT2D eigenvalue weighted by atomic mass is 35.5. The van der Waals surface area contributed by atoms with Gasteiger partial charge < -0.3 is 14.2 Å². The highest BCUT2D eigenvalue weighted by Gasteiger charge is 2.23. The number of hydrogen-bond acceptors (Lipinski definition) is 5. The van der Waals surface area contributed by atoms with Gasteiger partial charge in [-0.15, -0.1) is 0 Å². The Morgan fingerprint density at radius 1 is 1.04 bits per heavy atom. The molecule has 1 aromatic carbocycles. The van der Waals surface area contributed by atoms with Gasteiger partial charge >= 0.3 is 0 Å². The van der Waals surface area contributed by atoms with E-state index in [0.717, 1.165) is 0 Å². The van der Waals surface area contributed by atoms with Gasteiger partial charge in [-0.1, -0.05) is 23.2 Å². The second kappa shape index (κ2) is 8.92. The third kappa shape index (κ3) is 4.35. The molecule has 0 fully saturated rings. The molecule has 0 aliphatic heterocycles. The zero-order valence-corrected chi connectivity index (χ0v) is 15.8. The van der Waals surface area contributed by atoms with Crippen molar-refractivity contribution in [3.63, 3.8) is 0 Å². The Bertz CT molecular complexity index is 745. The molecule has 0 radical (unpaired) electrons. The molecule has 0 N–H and O–H groups in total. The van der Waals surface area contributed by atoms with E-state index < -0.39 is 0 Å². The zero-order valence-electron chi connectivity index (χ0n) is 14.3. The number of ether oxygens (including phenoxy) is 3.